The van der Waals surface area contributed by atoms with Crippen LogP contribution in [-0.4, -0.2) is 44.3 Å². The van der Waals surface area contributed by atoms with Gasteiger partial charge in [0.05, 0.1) is 6.10 Å². The second-order valence-electron chi connectivity index (χ2n) is 7.21. The van der Waals surface area contributed by atoms with Gasteiger partial charge in [0.15, 0.2) is 11.4 Å². The molecule has 0 aliphatic rings. The zero-order chi connectivity index (χ0) is 22.7. The maximum atomic E-state index is 12.7. The molecule has 0 radical (unpaired) electrons. The molecule has 3 aromatic rings. The molecular formula is C22H21ClN2O6. The average Bonchev–Trinajstić information content (AvgIpc) is 2.71. The Labute approximate surface area is 183 Å². The minimum atomic E-state index is -1.28. The normalized spacial score (nSPS) is 12.0. The van der Waals surface area contributed by atoms with Crippen molar-refractivity contribution in [3.8, 4) is 17.2 Å². The summed E-state index contributed by atoms with van der Waals surface area (Å²) >= 11 is 6.23. The Balaban J connectivity index is 1.88. The Morgan fingerprint density at radius 2 is 1.77 bits per heavy atom. The molecule has 2 aromatic carbocycles. The van der Waals surface area contributed by atoms with Crippen LogP contribution >= 0.6 is 11.6 Å². The highest BCUT2D eigenvalue weighted by atomic mass is 35.5. The van der Waals surface area contributed by atoms with Crippen molar-refractivity contribution in [3.05, 3.63) is 58.9 Å². The van der Waals surface area contributed by atoms with E-state index in [4.69, 9.17) is 16.3 Å². The molecule has 0 aliphatic heterocycles. The molecule has 0 fully saturated rings. The predicted molar refractivity (Wildman–Crippen MR) is 115 cm³/mol. The molecule has 0 unspecified atom stereocenters. The van der Waals surface area contributed by atoms with E-state index in [9.17, 15) is 24.9 Å². The number of hydrogen-bond donors (Lipinski definition) is 4. The Morgan fingerprint density at radius 1 is 1.10 bits per heavy atom. The molecule has 3 rings (SSSR count). The maximum Gasteiger partial charge on any atom is 0.326 e. The Morgan fingerprint density at radius 3 is 2.39 bits per heavy atom. The summed E-state index contributed by atoms with van der Waals surface area (Å²) in [5.41, 5.74) is 0.212. The number of hydrogen-bond acceptors (Lipinski definition) is 6. The number of fused-ring (bicyclic) bond motifs is 1. The van der Waals surface area contributed by atoms with Crippen molar-refractivity contribution < 1.29 is 29.6 Å². The first kappa shape index (κ1) is 22.2. The van der Waals surface area contributed by atoms with Gasteiger partial charge in [-0.2, -0.15) is 0 Å². The van der Waals surface area contributed by atoms with Gasteiger partial charge >= 0.3 is 5.97 Å². The predicted octanol–water partition coefficient (Wildman–Crippen LogP) is 3.51. The molecule has 1 aromatic heterocycles. The molecule has 1 atom stereocenters. The second kappa shape index (κ2) is 9.09. The van der Waals surface area contributed by atoms with E-state index >= 15 is 0 Å². The largest absolute Gasteiger partial charge is 0.508 e. The lowest BCUT2D eigenvalue weighted by atomic mass is 10.1. The van der Waals surface area contributed by atoms with Crippen LogP contribution in [0, 0.1) is 0 Å². The van der Waals surface area contributed by atoms with Crippen molar-refractivity contribution in [1.29, 1.82) is 0 Å². The van der Waals surface area contributed by atoms with Crippen LogP contribution in [0.2, 0.25) is 5.15 Å². The van der Waals surface area contributed by atoms with Crippen molar-refractivity contribution in [2.24, 2.45) is 0 Å². The number of carbonyl (C=O) groups excluding carboxylic acids is 1. The number of aromatic nitrogens is 1. The highest BCUT2D eigenvalue weighted by Crippen LogP contribution is 2.34. The van der Waals surface area contributed by atoms with Gasteiger partial charge in [0.25, 0.3) is 5.91 Å². The molecular weight excluding hydrogens is 424 g/mol. The molecule has 0 bridgehead atoms. The summed E-state index contributed by atoms with van der Waals surface area (Å²) in [6, 6.07) is 9.45. The fraction of sp³-hybridized carbons (Fsp3) is 0.227. The third-order valence-electron chi connectivity index (χ3n) is 4.47. The van der Waals surface area contributed by atoms with E-state index in [0.717, 1.165) is 0 Å². The number of carboxylic acid groups (broad SMARTS) is 1. The number of nitrogens with zero attached hydrogens (tertiary/aromatic N) is 1. The molecule has 8 nitrogen and oxygen atoms in total. The lowest BCUT2D eigenvalue weighted by Crippen LogP contribution is -2.42. The van der Waals surface area contributed by atoms with Crippen LogP contribution in [-0.2, 0) is 11.2 Å². The summed E-state index contributed by atoms with van der Waals surface area (Å²) in [4.78, 5) is 28.3. The summed E-state index contributed by atoms with van der Waals surface area (Å²) < 4.78 is 5.61. The highest BCUT2D eigenvalue weighted by molar-refractivity contribution is 6.35. The fourth-order valence-electron chi connectivity index (χ4n) is 3.04. The van der Waals surface area contributed by atoms with E-state index in [1.54, 1.807) is 30.3 Å². The Kier molecular flexibility index (Phi) is 6.50. The number of ether oxygens (including phenoxy) is 1. The summed E-state index contributed by atoms with van der Waals surface area (Å²) in [5.74, 6) is -1.98. The maximum absolute atomic E-state index is 12.7. The van der Waals surface area contributed by atoms with E-state index in [1.807, 2.05) is 13.8 Å². The van der Waals surface area contributed by atoms with Crippen LogP contribution < -0.4 is 10.1 Å². The van der Waals surface area contributed by atoms with E-state index < -0.39 is 23.7 Å². The van der Waals surface area contributed by atoms with E-state index in [1.165, 1.54) is 12.1 Å². The van der Waals surface area contributed by atoms with Gasteiger partial charge in [0, 0.05) is 17.2 Å². The summed E-state index contributed by atoms with van der Waals surface area (Å²) in [5, 5.41) is 32.5. The molecule has 162 valence electrons. The number of pyridine rings is 1. The van der Waals surface area contributed by atoms with Crippen molar-refractivity contribution in [3.63, 3.8) is 0 Å². The Bertz CT molecular complexity index is 1130. The van der Waals surface area contributed by atoms with Gasteiger partial charge in [-0.1, -0.05) is 23.7 Å². The number of phenols is 1. The van der Waals surface area contributed by atoms with Crippen LogP contribution in [0.25, 0.3) is 10.8 Å². The molecule has 0 saturated carbocycles. The van der Waals surface area contributed by atoms with Gasteiger partial charge in [0.2, 0.25) is 0 Å². The molecule has 9 heteroatoms. The molecule has 0 saturated heterocycles. The van der Waals surface area contributed by atoms with Crippen molar-refractivity contribution in [2.75, 3.05) is 0 Å². The van der Waals surface area contributed by atoms with Crippen molar-refractivity contribution in [1.82, 2.24) is 10.3 Å². The van der Waals surface area contributed by atoms with Crippen molar-refractivity contribution in [2.45, 2.75) is 32.4 Å². The minimum Gasteiger partial charge on any atom is -0.508 e. The lowest BCUT2D eigenvalue weighted by Gasteiger charge is -2.16. The van der Waals surface area contributed by atoms with E-state index in [0.29, 0.717) is 16.7 Å². The van der Waals surface area contributed by atoms with Gasteiger partial charge in [-0.15, -0.1) is 0 Å². The average molecular weight is 445 g/mol. The Hall–Kier alpha value is -3.52. The smallest absolute Gasteiger partial charge is 0.326 e. The van der Waals surface area contributed by atoms with Crippen LogP contribution in [0.3, 0.4) is 0 Å². The van der Waals surface area contributed by atoms with E-state index in [2.05, 4.69) is 10.3 Å². The monoisotopic (exact) mass is 444 g/mol. The lowest BCUT2D eigenvalue weighted by molar-refractivity contribution is -0.139. The molecule has 4 N–H and O–H groups in total. The first-order valence-electron chi connectivity index (χ1n) is 9.46. The molecule has 31 heavy (non-hydrogen) atoms. The number of phenolic OH excluding ortho intramolecular Hbond substituents is 1. The molecule has 1 amide bonds. The van der Waals surface area contributed by atoms with Crippen LogP contribution in [0.1, 0.15) is 29.9 Å². The number of nitrogens with one attached hydrogen (secondary N) is 1. The standard InChI is InChI=1S/C22H21ClN2O6/c1-11(2)31-14-7-8-15-16(10-14)20(23)25-18(19(15)27)21(28)24-17(22(29)30)9-12-3-5-13(26)6-4-12/h3-8,10-11,17,26-27H,9H2,1-2H3,(H,24,28)(H,29,30)/t17-/m1/s1. The molecule has 1 heterocycles. The minimum absolute atomic E-state index is 0.0284. The fourth-order valence-corrected chi connectivity index (χ4v) is 3.28. The number of rotatable bonds is 7. The third kappa shape index (κ3) is 5.16. The van der Waals surface area contributed by atoms with Crippen LogP contribution in [0.5, 0.6) is 17.2 Å². The number of aliphatic carboxylic acids is 1. The quantitative estimate of drug-likeness (QED) is 0.410. The number of amides is 1. The first-order valence-corrected chi connectivity index (χ1v) is 9.84. The van der Waals surface area contributed by atoms with Gasteiger partial charge in [-0.3, -0.25) is 4.79 Å². The zero-order valence-corrected chi connectivity index (χ0v) is 17.6. The number of aromatic hydroxyl groups is 2. The molecule has 0 aliphatic carbocycles. The van der Waals surface area contributed by atoms with E-state index in [-0.39, 0.29) is 34.5 Å². The van der Waals surface area contributed by atoms with Gasteiger partial charge in [-0.05, 0) is 49.7 Å². The number of carbonyl (C=O) groups is 2. The summed E-state index contributed by atoms with van der Waals surface area (Å²) in [6.45, 7) is 3.73. The topological polar surface area (TPSA) is 129 Å². The van der Waals surface area contributed by atoms with Crippen LogP contribution in [0.15, 0.2) is 42.5 Å². The second-order valence-corrected chi connectivity index (χ2v) is 7.57. The van der Waals surface area contributed by atoms with Gasteiger partial charge in [-0.25, -0.2) is 9.78 Å². The third-order valence-corrected chi connectivity index (χ3v) is 4.76. The van der Waals surface area contributed by atoms with Crippen LogP contribution in [0.4, 0.5) is 0 Å². The zero-order valence-electron chi connectivity index (χ0n) is 16.8. The SMILES string of the molecule is CC(C)Oc1ccc2c(O)c(C(=O)N[C@H](Cc3ccc(O)cc3)C(=O)O)nc(Cl)c2c1. The number of carboxylic acids is 1. The van der Waals surface area contributed by atoms with Crippen molar-refractivity contribution >= 4 is 34.2 Å². The van der Waals surface area contributed by atoms with Gasteiger partial charge < -0.3 is 25.4 Å². The number of halogens is 1. The number of benzene rings is 2. The molecule has 0 spiro atoms. The summed E-state index contributed by atoms with van der Waals surface area (Å²) in [7, 11) is 0. The summed E-state index contributed by atoms with van der Waals surface area (Å²) in [6.07, 6.45) is -0.0938. The van der Waals surface area contributed by atoms with Gasteiger partial charge in [0.1, 0.15) is 22.7 Å². The first-order chi connectivity index (χ1) is 14.7. The highest BCUT2D eigenvalue weighted by Gasteiger charge is 2.25.